The number of oxime groups is 1. The standard InChI is InChI=1S/C19H15N3O4/c23-19-15(12-21-24)8-13(9-16-5-1-2-7-20-16)10-18(19)14-4-3-6-17(11-14)22(25)26/h1-8,10-12,23-24H,9H2/b21-12+. The van der Waals surface area contributed by atoms with E-state index in [0.717, 1.165) is 17.5 Å². The summed E-state index contributed by atoms with van der Waals surface area (Å²) in [5.74, 6) is -0.118. The highest BCUT2D eigenvalue weighted by Gasteiger charge is 2.14. The number of nitrogens with zero attached hydrogens (tertiary/aromatic N) is 3. The Morgan fingerprint density at radius 2 is 2.00 bits per heavy atom. The van der Waals surface area contributed by atoms with Crippen LogP contribution in [-0.2, 0) is 6.42 Å². The number of aromatic hydroxyl groups is 1. The summed E-state index contributed by atoms with van der Waals surface area (Å²) in [7, 11) is 0. The quantitative estimate of drug-likeness (QED) is 0.315. The summed E-state index contributed by atoms with van der Waals surface area (Å²) in [4.78, 5) is 14.8. The smallest absolute Gasteiger partial charge is 0.270 e. The molecule has 0 aliphatic carbocycles. The Labute approximate surface area is 149 Å². The second-order valence-electron chi connectivity index (χ2n) is 5.63. The number of hydrogen-bond donors (Lipinski definition) is 2. The Kier molecular flexibility index (Phi) is 4.89. The predicted molar refractivity (Wildman–Crippen MR) is 96.6 cm³/mol. The summed E-state index contributed by atoms with van der Waals surface area (Å²) in [5.41, 5.74) is 2.79. The van der Waals surface area contributed by atoms with E-state index in [1.807, 2.05) is 18.2 Å². The van der Waals surface area contributed by atoms with E-state index in [1.54, 1.807) is 30.5 Å². The van der Waals surface area contributed by atoms with Gasteiger partial charge >= 0.3 is 0 Å². The molecule has 1 aromatic heterocycles. The molecule has 0 bridgehead atoms. The van der Waals surface area contributed by atoms with E-state index >= 15 is 0 Å². The molecule has 0 aliphatic rings. The largest absolute Gasteiger partial charge is 0.507 e. The van der Waals surface area contributed by atoms with E-state index in [-0.39, 0.29) is 11.4 Å². The lowest BCUT2D eigenvalue weighted by molar-refractivity contribution is -0.384. The molecule has 3 aromatic rings. The van der Waals surface area contributed by atoms with Crippen molar-refractivity contribution in [1.82, 2.24) is 4.98 Å². The molecule has 2 aromatic carbocycles. The first-order valence-corrected chi connectivity index (χ1v) is 7.76. The maximum absolute atomic E-state index is 11.0. The number of phenolic OH excluding ortho intramolecular Hbond substituents is 1. The molecule has 7 heteroatoms. The van der Waals surface area contributed by atoms with Crippen LogP contribution in [0.2, 0.25) is 0 Å². The molecule has 0 fully saturated rings. The number of hydrogen-bond acceptors (Lipinski definition) is 6. The Morgan fingerprint density at radius 3 is 2.69 bits per heavy atom. The second kappa shape index (κ2) is 7.43. The minimum absolute atomic E-state index is 0.0746. The molecule has 0 unspecified atom stereocenters. The van der Waals surface area contributed by atoms with Crippen molar-refractivity contribution >= 4 is 11.9 Å². The van der Waals surface area contributed by atoms with Gasteiger partial charge in [-0.05, 0) is 35.4 Å². The number of phenols is 1. The third kappa shape index (κ3) is 3.67. The summed E-state index contributed by atoms with van der Waals surface area (Å²) in [6.07, 6.45) is 3.31. The van der Waals surface area contributed by atoms with Crippen molar-refractivity contribution in [1.29, 1.82) is 0 Å². The SMILES string of the molecule is O=[N+]([O-])c1cccc(-c2cc(Cc3ccccn3)cc(/C=N/O)c2O)c1. The van der Waals surface area contributed by atoms with Gasteiger partial charge in [-0.3, -0.25) is 15.1 Å². The van der Waals surface area contributed by atoms with Gasteiger partial charge in [0.25, 0.3) is 5.69 Å². The zero-order chi connectivity index (χ0) is 18.5. The van der Waals surface area contributed by atoms with Crippen LogP contribution in [0.5, 0.6) is 5.75 Å². The van der Waals surface area contributed by atoms with Gasteiger partial charge in [0, 0.05) is 41.6 Å². The van der Waals surface area contributed by atoms with Crippen molar-refractivity contribution in [3.63, 3.8) is 0 Å². The van der Waals surface area contributed by atoms with Crippen molar-refractivity contribution in [3.05, 3.63) is 87.7 Å². The molecule has 130 valence electrons. The number of benzene rings is 2. The van der Waals surface area contributed by atoms with Gasteiger partial charge in [0.05, 0.1) is 11.1 Å². The van der Waals surface area contributed by atoms with Gasteiger partial charge in [0.2, 0.25) is 0 Å². The highest BCUT2D eigenvalue weighted by Crippen LogP contribution is 2.35. The molecule has 26 heavy (non-hydrogen) atoms. The van der Waals surface area contributed by atoms with Crippen LogP contribution in [-0.4, -0.2) is 26.4 Å². The Morgan fingerprint density at radius 1 is 1.15 bits per heavy atom. The van der Waals surface area contributed by atoms with Crippen LogP contribution in [0.3, 0.4) is 0 Å². The normalized spacial score (nSPS) is 10.9. The number of non-ortho nitro benzene ring substituents is 1. The fraction of sp³-hybridized carbons (Fsp3) is 0.0526. The molecule has 0 amide bonds. The molecule has 0 saturated carbocycles. The summed E-state index contributed by atoms with van der Waals surface area (Å²) < 4.78 is 0. The maximum atomic E-state index is 11.0. The van der Waals surface area contributed by atoms with Crippen molar-refractivity contribution < 1.29 is 15.2 Å². The highest BCUT2D eigenvalue weighted by molar-refractivity contribution is 5.89. The minimum atomic E-state index is -0.492. The van der Waals surface area contributed by atoms with Gasteiger partial charge in [-0.25, -0.2) is 0 Å². The molecular weight excluding hydrogens is 334 g/mol. The highest BCUT2D eigenvalue weighted by atomic mass is 16.6. The van der Waals surface area contributed by atoms with E-state index in [9.17, 15) is 15.2 Å². The first kappa shape index (κ1) is 17.1. The van der Waals surface area contributed by atoms with E-state index in [4.69, 9.17) is 5.21 Å². The van der Waals surface area contributed by atoms with E-state index in [0.29, 0.717) is 23.1 Å². The van der Waals surface area contributed by atoms with E-state index in [2.05, 4.69) is 10.1 Å². The molecule has 0 saturated heterocycles. The summed E-state index contributed by atoms with van der Waals surface area (Å²) in [6, 6.07) is 15.0. The van der Waals surface area contributed by atoms with Crippen LogP contribution < -0.4 is 0 Å². The van der Waals surface area contributed by atoms with Crippen molar-refractivity contribution in [2.45, 2.75) is 6.42 Å². The van der Waals surface area contributed by atoms with Crippen LogP contribution in [0.1, 0.15) is 16.8 Å². The number of rotatable bonds is 5. The molecule has 7 nitrogen and oxygen atoms in total. The van der Waals surface area contributed by atoms with Crippen LogP contribution in [0.25, 0.3) is 11.1 Å². The molecule has 0 spiro atoms. The first-order valence-electron chi connectivity index (χ1n) is 7.76. The van der Waals surface area contributed by atoms with E-state index in [1.165, 1.54) is 12.1 Å². The molecule has 0 radical (unpaired) electrons. The zero-order valence-electron chi connectivity index (χ0n) is 13.6. The van der Waals surface area contributed by atoms with Gasteiger partial charge in [-0.15, -0.1) is 0 Å². The van der Waals surface area contributed by atoms with Crippen LogP contribution in [0.4, 0.5) is 5.69 Å². The second-order valence-corrected chi connectivity index (χ2v) is 5.63. The molecule has 0 aliphatic heterocycles. The summed E-state index contributed by atoms with van der Waals surface area (Å²) >= 11 is 0. The fourth-order valence-corrected chi connectivity index (χ4v) is 2.70. The van der Waals surface area contributed by atoms with Gasteiger partial charge in [0.1, 0.15) is 5.75 Å². The van der Waals surface area contributed by atoms with Crippen molar-refractivity contribution in [2.24, 2.45) is 5.16 Å². The monoisotopic (exact) mass is 349 g/mol. The Bertz CT molecular complexity index is 972. The number of aromatic nitrogens is 1. The molecule has 3 rings (SSSR count). The third-order valence-corrected chi connectivity index (χ3v) is 3.88. The Balaban J connectivity index is 2.11. The van der Waals surface area contributed by atoms with Crippen LogP contribution in [0, 0.1) is 10.1 Å². The van der Waals surface area contributed by atoms with Crippen LogP contribution in [0.15, 0.2) is 65.9 Å². The minimum Gasteiger partial charge on any atom is -0.507 e. The molecule has 1 heterocycles. The fourth-order valence-electron chi connectivity index (χ4n) is 2.70. The summed E-state index contributed by atoms with van der Waals surface area (Å²) in [6.45, 7) is 0. The third-order valence-electron chi connectivity index (χ3n) is 3.88. The lowest BCUT2D eigenvalue weighted by Crippen LogP contribution is -1.96. The average Bonchev–Trinajstić information content (AvgIpc) is 2.65. The van der Waals surface area contributed by atoms with Gasteiger partial charge < -0.3 is 10.3 Å². The maximum Gasteiger partial charge on any atom is 0.270 e. The number of nitro benzene ring substituents is 1. The number of pyridine rings is 1. The molecule has 2 N–H and O–H groups in total. The van der Waals surface area contributed by atoms with Gasteiger partial charge in [0.15, 0.2) is 0 Å². The van der Waals surface area contributed by atoms with Crippen molar-refractivity contribution in [2.75, 3.05) is 0 Å². The predicted octanol–water partition coefficient (Wildman–Crippen LogP) is 3.76. The van der Waals surface area contributed by atoms with Crippen molar-refractivity contribution in [3.8, 4) is 16.9 Å². The lowest BCUT2D eigenvalue weighted by Gasteiger charge is -2.11. The topological polar surface area (TPSA) is 109 Å². The first-order chi connectivity index (χ1) is 12.6. The van der Waals surface area contributed by atoms with Gasteiger partial charge in [-0.2, -0.15) is 0 Å². The zero-order valence-corrected chi connectivity index (χ0v) is 13.6. The molecule has 0 atom stereocenters. The molecular formula is C19H15N3O4. The lowest BCUT2D eigenvalue weighted by atomic mass is 9.96. The summed E-state index contributed by atoms with van der Waals surface area (Å²) in [5, 5.41) is 33.4. The van der Waals surface area contributed by atoms with Gasteiger partial charge in [-0.1, -0.05) is 23.4 Å². The number of nitro groups is 1. The van der Waals surface area contributed by atoms with E-state index < -0.39 is 4.92 Å². The van der Waals surface area contributed by atoms with Crippen LogP contribution >= 0.6 is 0 Å². The average molecular weight is 349 g/mol. The Hall–Kier alpha value is -3.74.